The predicted octanol–water partition coefficient (Wildman–Crippen LogP) is 3.95. The lowest BCUT2D eigenvalue weighted by atomic mass is 10.1. The highest BCUT2D eigenvalue weighted by molar-refractivity contribution is 8.00. The van der Waals surface area contributed by atoms with E-state index < -0.39 is 5.97 Å². The Balaban J connectivity index is 1.64. The van der Waals surface area contributed by atoms with Gasteiger partial charge in [-0.15, -0.1) is 11.8 Å². The molecule has 0 saturated heterocycles. The van der Waals surface area contributed by atoms with Gasteiger partial charge in [0, 0.05) is 17.6 Å². The number of nitrogens with one attached hydrogen (secondary N) is 1. The van der Waals surface area contributed by atoms with Gasteiger partial charge in [-0.2, -0.15) is 5.10 Å². The summed E-state index contributed by atoms with van der Waals surface area (Å²) < 4.78 is 6.46. The predicted molar refractivity (Wildman–Crippen MR) is 114 cm³/mol. The number of nitrogens with zero attached hydrogens (tertiary/aromatic N) is 2. The van der Waals surface area contributed by atoms with Crippen LogP contribution in [-0.4, -0.2) is 34.5 Å². The van der Waals surface area contributed by atoms with Crippen LogP contribution < -0.4 is 5.32 Å². The van der Waals surface area contributed by atoms with E-state index in [2.05, 4.69) is 10.4 Å². The number of carbonyl (C=O) groups excluding carboxylic acids is 2. The van der Waals surface area contributed by atoms with E-state index in [-0.39, 0.29) is 17.4 Å². The second-order valence-corrected chi connectivity index (χ2v) is 7.58. The number of carbonyl (C=O) groups is 2. The molecule has 1 N–H and O–H groups in total. The molecule has 2 aromatic carbocycles. The summed E-state index contributed by atoms with van der Waals surface area (Å²) in [6, 6.07) is 18.0. The Bertz CT molecular complexity index is 969. The number of esters is 1. The molecule has 0 unspecified atom stereocenters. The van der Waals surface area contributed by atoms with Gasteiger partial charge in [-0.1, -0.05) is 48.0 Å². The van der Waals surface area contributed by atoms with Crippen LogP contribution in [0.1, 0.15) is 21.6 Å². The average molecular weight is 410 g/mol. The molecule has 150 valence electrons. The smallest absolute Gasteiger partial charge is 0.360 e. The normalized spacial score (nSPS) is 10.6. The Morgan fingerprint density at radius 3 is 2.52 bits per heavy atom. The fraction of sp³-hybridized carbons (Fsp3) is 0.227. The second-order valence-electron chi connectivity index (χ2n) is 6.53. The molecule has 0 radical (unpaired) electrons. The Morgan fingerprint density at radius 2 is 1.83 bits per heavy atom. The summed E-state index contributed by atoms with van der Waals surface area (Å²) in [7, 11) is 1.30. The lowest BCUT2D eigenvalue weighted by molar-refractivity contribution is -0.113. The maximum Gasteiger partial charge on any atom is 0.360 e. The third kappa shape index (κ3) is 5.96. The molecule has 0 spiro atoms. The average Bonchev–Trinajstić information content (AvgIpc) is 3.14. The molecule has 3 aromatic rings. The van der Waals surface area contributed by atoms with Gasteiger partial charge in [0.25, 0.3) is 0 Å². The van der Waals surface area contributed by atoms with Crippen LogP contribution in [0.2, 0.25) is 0 Å². The van der Waals surface area contributed by atoms with Gasteiger partial charge in [-0.05, 0) is 31.0 Å². The van der Waals surface area contributed by atoms with Crippen molar-refractivity contribution < 1.29 is 14.3 Å². The number of amides is 1. The van der Waals surface area contributed by atoms with Crippen molar-refractivity contribution >= 4 is 29.3 Å². The number of hydrogen-bond acceptors (Lipinski definition) is 5. The number of benzene rings is 2. The Hall–Kier alpha value is -3.06. The number of aryl methyl sites for hydroxylation is 3. The molecule has 3 rings (SSSR count). The van der Waals surface area contributed by atoms with Crippen LogP contribution in [0, 0.1) is 6.92 Å². The molecule has 1 aromatic heterocycles. The van der Waals surface area contributed by atoms with E-state index in [4.69, 9.17) is 4.74 Å². The van der Waals surface area contributed by atoms with Crippen LogP contribution in [0.3, 0.4) is 0 Å². The first kappa shape index (κ1) is 20.7. The van der Waals surface area contributed by atoms with E-state index >= 15 is 0 Å². The van der Waals surface area contributed by atoms with E-state index in [1.807, 2.05) is 61.5 Å². The molecule has 1 heterocycles. The van der Waals surface area contributed by atoms with Crippen molar-refractivity contribution in [2.75, 3.05) is 18.2 Å². The molecule has 0 aliphatic rings. The molecular formula is C22H23N3O3S. The van der Waals surface area contributed by atoms with Crippen LogP contribution in [0.15, 0.2) is 65.7 Å². The highest BCUT2D eigenvalue weighted by atomic mass is 32.2. The molecule has 0 aliphatic carbocycles. The van der Waals surface area contributed by atoms with Crippen molar-refractivity contribution in [2.45, 2.75) is 24.8 Å². The first-order valence-electron chi connectivity index (χ1n) is 9.24. The lowest BCUT2D eigenvalue weighted by Gasteiger charge is -2.05. The fourth-order valence-corrected chi connectivity index (χ4v) is 3.43. The number of hydrogen-bond donors (Lipinski definition) is 1. The van der Waals surface area contributed by atoms with E-state index in [1.165, 1.54) is 30.0 Å². The Labute approximate surface area is 174 Å². The first-order chi connectivity index (χ1) is 14.0. The van der Waals surface area contributed by atoms with Gasteiger partial charge < -0.3 is 10.1 Å². The van der Waals surface area contributed by atoms with Crippen molar-refractivity contribution in [1.29, 1.82) is 0 Å². The Kier molecular flexibility index (Phi) is 7.08. The van der Waals surface area contributed by atoms with Gasteiger partial charge in [0.2, 0.25) is 5.91 Å². The van der Waals surface area contributed by atoms with Crippen molar-refractivity contribution in [1.82, 2.24) is 9.78 Å². The molecule has 0 bridgehead atoms. The highest BCUT2D eigenvalue weighted by Gasteiger charge is 2.19. The van der Waals surface area contributed by atoms with E-state index in [9.17, 15) is 9.59 Å². The van der Waals surface area contributed by atoms with E-state index in [0.29, 0.717) is 12.2 Å². The molecule has 0 fully saturated rings. The van der Waals surface area contributed by atoms with Gasteiger partial charge in [0.1, 0.15) is 0 Å². The van der Waals surface area contributed by atoms with Gasteiger partial charge in [0.15, 0.2) is 5.69 Å². The third-order valence-electron chi connectivity index (χ3n) is 4.28. The summed E-state index contributed by atoms with van der Waals surface area (Å²) in [4.78, 5) is 25.5. The minimum atomic E-state index is -0.579. The van der Waals surface area contributed by atoms with Gasteiger partial charge in [0.05, 0.1) is 18.6 Å². The topological polar surface area (TPSA) is 73.2 Å². The highest BCUT2D eigenvalue weighted by Crippen LogP contribution is 2.20. The Morgan fingerprint density at radius 1 is 1.10 bits per heavy atom. The monoisotopic (exact) mass is 409 g/mol. The number of aromatic nitrogens is 2. The summed E-state index contributed by atoms with van der Waals surface area (Å²) in [5.74, 6) is -0.549. The zero-order valence-corrected chi connectivity index (χ0v) is 17.2. The standard InChI is InChI=1S/C22H23N3O3S/c1-16-8-10-18(11-9-16)29-15-20(26)23-19-14-25(24-21(19)22(27)28-2)13-12-17-6-4-3-5-7-17/h3-11,14H,12-13,15H2,1-2H3,(H,23,26). The molecule has 1 amide bonds. The number of ether oxygens (including phenoxy) is 1. The summed E-state index contributed by atoms with van der Waals surface area (Å²) in [5, 5.41) is 7.08. The maximum atomic E-state index is 12.4. The van der Waals surface area contributed by atoms with Crippen LogP contribution in [0.4, 0.5) is 5.69 Å². The van der Waals surface area contributed by atoms with Crippen molar-refractivity contribution in [3.63, 3.8) is 0 Å². The summed E-state index contributed by atoms with van der Waals surface area (Å²) in [6.45, 7) is 2.60. The number of anilines is 1. The molecule has 29 heavy (non-hydrogen) atoms. The quantitative estimate of drug-likeness (QED) is 0.450. The minimum absolute atomic E-state index is 0.106. The number of methoxy groups -OCH3 is 1. The maximum absolute atomic E-state index is 12.4. The summed E-state index contributed by atoms with van der Waals surface area (Å²) >= 11 is 1.44. The fourth-order valence-electron chi connectivity index (χ4n) is 2.73. The summed E-state index contributed by atoms with van der Waals surface area (Å²) in [5.41, 5.74) is 2.81. The first-order valence-corrected chi connectivity index (χ1v) is 10.2. The number of thioether (sulfide) groups is 1. The molecule has 0 saturated carbocycles. The molecule has 0 atom stereocenters. The van der Waals surface area contributed by atoms with Crippen LogP contribution >= 0.6 is 11.8 Å². The third-order valence-corrected chi connectivity index (χ3v) is 5.29. The van der Waals surface area contributed by atoms with E-state index in [0.717, 1.165) is 11.3 Å². The van der Waals surface area contributed by atoms with Gasteiger partial charge in [-0.3, -0.25) is 9.48 Å². The second kappa shape index (κ2) is 9.93. The molecular weight excluding hydrogens is 386 g/mol. The zero-order valence-electron chi connectivity index (χ0n) is 16.4. The molecule has 6 nitrogen and oxygen atoms in total. The largest absolute Gasteiger partial charge is 0.464 e. The van der Waals surface area contributed by atoms with Crippen molar-refractivity contribution in [2.24, 2.45) is 0 Å². The SMILES string of the molecule is COC(=O)c1nn(CCc2ccccc2)cc1NC(=O)CSc1ccc(C)cc1. The molecule has 0 aliphatic heterocycles. The van der Waals surface area contributed by atoms with Gasteiger partial charge >= 0.3 is 5.97 Å². The van der Waals surface area contributed by atoms with Crippen molar-refractivity contribution in [3.8, 4) is 0 Å². The van der Waals surface area contributed by atoms with Crippen LogP contribution in [-0.2, 0) is 22.5 Å². The van der Waals surface area contributed by atoms with Crippen LogP contribution in [0.5, 0.6) is 0 Å². The number of rotatable bonds is 8. The summed E-state index contributed by atoms with van der Waals surface area (Å²) in [6.07, 6.45) is 2.43. The van der Waals surface area contributed by atoms with Gasteiger partial charge in [-0.25, -0.2) is 4.79 Å². The van der Waals surface area contributed by atoms with Crippen molar-refractivity contribution in [3.05, 3.63) is 77.6 Å². The van der Waals surface area contributed by atoms with Crippen LogP contribution in [0.25, 0.3) is 0 Å². The zero-order chi connectivity index (χ0) is 20.6. The van der Waals surface area contributed by atoms with E-state index in [1.54, 1.807) is 10.9 Å². The molecule has 7 heteroatoms. The minimum Gasteiger partial charge on any atom is -0.464 e. The lowest BCUT2D eigenvalue weighted by Crippen LogP contribution is -2.16.